The molecule has 0 N–H and O–H groups in total. The third-order valence-electron chi connectivity index (χ3n) is 3.82. The molecule has 1 aromatic heterocycles. The number of benzene rings is 2. The van der Waals surface area contributed by atoms with Crippen LogP contribution in [0.15, 0.2) is 71.7 Å². The van der Waals surface area contributed by atoms with Crippen LogP contribution in [-0.2, 0) is 6.18 Å². The molecule has 0 atom stereocenters. The lowest BCUT2D eigenvalue weighted by Crippen LogP contribution is -2.18. The van der Waals surface area contributed by atoms with E-state index in [1.807, 2.05) is 37.3 Å². The van der Waals surface area contributed by atoms with Gasteiger partial charge in [0.15, 0.2) is 0 Å². The standard InChI is InChI=1S/C19H14F3NO/c1-13-11-18(24)23(12-17(13)14-5-3-2-4-6-14)16-9-7-15(8-10-16)19(20,21)22/h2-12H,1H3. The number of nitrogens with zero attached hydrogens (tertiary/aromatic N) is 1. The van der Waals surface area contributed by atoms with E-state index < -0.39 is 11.7 Å². The Morgan fingerprint density at radius 1 is 0.917 bits per heavy atom. The zero-order chi connectivity index (χ0) is 17.3. The molecule has 0 saturated heterocycles. The summed E-state index contributed by atoms with van der Waals surface area (Å²) in [6.45, 7) is 1.83. The van der Waals surface area contributed by atoms with E-state index in [1.165, 1.54) is 22.8 Å². The maximum Gasteiger partial charge on any atom is 0.416 e. The van der Waals surface area contributed by atoms with Gasteiger partial charge in [-0.1, -0.05) is 30.3 Å². The molecule has 0 bridgehead atoms. The van der Waals surface area contributed by atoms with Crippen molar-refractivity contribution in [3.8, 4) is 16.8 Å². The van der Waals surface area contributed by atoms with E-state index in [9.17, 15) is 18.0 Å². The van der Waals surface area contributed by atoms with Crippen molar-refractivity contribution in [1.29, 1.82) is 0 Å². The first kappa shape index (κ1) is 16.1. The molecule has 0 aliphatic rings. The lowest BCUT2D eigenvalue weighted by atomic mass is 10.0. The Balaban J connectivity index is 2.10. The SMILES string of the molecule is Cc1cc(=O)n(-c2ccc(C(F)(F)F)cc2)cc1-c1ccccc1. The number of aromatic nitrogens is 1. The Hall–Kier alpha value is -2.82. The smallest absolute Gasteiger partial charge is 0.284 e. The van der Waals surface area contributed by atoms with Crippen LogP contribution in [0.3, 0.4) is 0 Å². The molecular weight excluding hydrogens is 315 g/mol. The number of pyridine rings is 1. The van der Waals surface area contributed by atoms with Gasteiger partial charge in [-0.3, -0.25) is 9.36 Å². The molecule has 0 unspecified atom stereocenters. The number of halogens is 3. The number of aryl methyl sites for hydroxylation is 1. The van der Waals surface area contributed by atoms with Gasteiger partial charge in [-0.2, -0.15) is 13.2 Å². The molecule has 2 aromatic carbocycles. The molecule has 2 nitrogen and oxygen atoms in total. The van der Waals surface area contributed by atoms with Crippen LogP contribution in [0, 0.1) is 6.92 Å². The van der Waals surface area contributed by atoms with Crippen LogP contribution in [0.1, 0.15) is 11.1 Å². The highest BCUT2D eigenvalue weighted by Crippen LogP contribution is 2.30. The Morgan fingerprint density at radius 2 is 1.54 bits per heavy atom. The molecule has 0 aliphatic carbocycles. The van der Waals surface area contributed by atoms with Crippen LogP contribution in [0.25, 0.3) is 16.8 Å². The van der Waals surface area contributed by atoms with Crippen molar-refractivity contribution in [2.24, 2.45) is 0 Å². The van der Waals surface area contributed by atoms with Crippen molar-refractivity contribution in [2.75, 3.05) is 0 Å². The highest BCUT2D eigenvalue weighted by molar-refractivity contribution is 5.66. The number of rotatable bonds is 2. The van der Waals surface area contributed by atoms with Crippen LogP contribution in [0.4, 0.5) is 13.2 Å². The second kappa shape index (κ2) is 6.00. The zero-order valence-corrected chi connectivity index (χ0v) is 12.8. The number of hydrogen-bond acceptors (Lipinski definition) is 1. The van der Waals surface area contributed by atoms with Gasteiger partial charge in [0.05, 0.1) is 5.56 Å². The van der Waals surface area contributed by atoms with E-state index in [2.05, 4.69) is 0 Å². The lowest BCUT2D eigenvalue weighted by Gasteiger charge is -2.12. The van der Waals surface area contributed by atoms with Crippen LogP contribution in [-0.4, -0.2) is 4.57 Å². The second-order valence-corrected chi connectivity index (χ2v) is 5.49. The zero-order valence-electron chi connectivity index (χ0n) is 12.8. The highest BCUT2D eigenvalue weighted by Gasteiger charge is 2.30. The summed E-state index contributed by atoms with van der Waals surface area (Å²) in [5.74, 6) is 0. The van der Waals surface area contributed by atoms with Crippen molar-refractivity contribution >= 4 is 0 Å². The maximum absolute atomic E-state index is 12.7. The number of hydrogen-bond donors (Lipinski definition) is 0. The van der Waals surface area contributed by atoms with Gasteiger partial charge in [-0.15, -0.1) is 0 Å². The van der Waals surface area contributed by atoms with E-state index in [0.29, 0.717) is 5.69 Å². The van der Waals surface area contributed by atoms with Gasteiger partial charge in [0.2, 0.25) is 0 Å². The largest absolute Gasteiger partial charge is 0.416 e. The van der Waals surface area contributed by atoms with Crippen molar-refractivity contribution < 1.29 is 13.2 Å². The number of alkyl halides is 3. The van der Waals surface area contributed by atoms with Crippen molar-refractivity contribution in [3.63, 3.8) is 0 Å². The summed E-state index contributed by atoms with van der Waals surface area (Å²) in [6, 6.07) is 15.6. The lowest BCUT2D eigenvalue weighted by molar-refractivity contribution is -0.137. The van der Waals surface area contributed by atoms with E-state index in [0.717, 1.165) is 28.8 Å². The first-order valence-electron chi connectivity index (χ1n) is 7.32. The molecule has 0 radical (unpaired) electrons. The Kier molecular flexibility index (Phi) is 4.01. The van der Waals surface area contributed by atoms with Crippen molar-refractivity contribution in [3.05, 3.63) is 88.3 Å². The van der Waals surface area contributed by atoms with E-state index >= 15 is 0 Å². The monoisotopic (exact) mass is 329 g/mol. The average Bonchev–Trinajstić information content (AvgIpc) is 2.55. The van der Waals surface area contributed by atoms with Crippen molar-refractivity contribution in [2.45, 2.75) is 13.1 Å². The fourth-order valence-corrected chi connectivity index (χ4v) is 2.56. The molecule has 3 aromatic rings. The molecule has 122 valence electrons. The van der Waals surface area contributed by atoms with Gasteiger partial charge in [0, 0.05) is 23.5 Å². The van der Waals surface area contributed by atoms with Crippen LogP contribution in [0.5, 0.6) is 0 Å². The highest BCUT2D eigenvalue weighted by atomic mass is 19.4. The summed E-state index contributed by atoms with van der Waals surface area (Å²) >= 11 is 0. The summed E-state index contributed by atoms with van der Waals surface area (Å²) in [7, 11) is 0. The van der Waals surface area contributed by atoms with Crippen LogP contribution >= 0.6 is 0 Å². The van der Waals surface area contributed by atoms with Gasteiger partial charge in [-0.25, -0.2) is 0 Å². The first-order chi connectivity index (χ1) is 11.4. The van der Waals surface area contributed by atoms with Gasteiger partial charge in [0.1, 0.15) is 0 Å². The molecule has 3 rings (SSSR count). The minimum atomic E-state index is -4.40. The van der Waals surface area contributed by atoms with Crippen LogP contribution in [0.2, 0.25) is 0 Å². The average molecular weight is 329 g/mol. The third kappa shape index (κ3) is 3.11. The van der Waals surface area contributed by atoms with Gasteiger partial charge in [-0.05, 0) is 42.3 Å². The maximum atomic E-state index is 12.7. The minimum absolute atomic E-state index is 0.285. The summed E-state index contributed by atoms with van der Waals surface area (Å²) in [4.78, 5) is 12.2. The predicted octanol–water partition coefficient (Wildman–Crippen LogP) is 4.83. The molecular formula is C19H14F3NO. The van der Waals surface area contributed by atoms with E-state index in [1.54, 1.807) is 6.20 Å². The van der Waals surface area contributed by atoms with Gasteiger partial charge < -0.3 is 0 Å². The molecule has 0 fully saturated rings. The normalized spacial score (nSPS) is 11.5. The Labute approximate surface area is 136 Å². The van der Waals surface area contributed by atoms with E-state index in [4.69, 9.17) is 0 Å². The summed E-state index contributed by atoms with van der Waals surface area (Å²) in [6.07, 6.45) is -2.73. The second-order valence-electron chi connectivity index (χ2n) is 5.49. The summed E-state index contributed by atoms with van der Waals surface area (Å²) in [5.41, 5.74) is 1.98. The van der Waals surface area contributed by atoms with Crippen molar-refractivity contribution in [1.82, 2.24) is 4.57 Å². The van der Waals surface area contributed by atoms with Crippen LogP contribution < -0.4 is 5.56 Å². The minimum Gasteiger partial charge on any atom is -0.284 e. The first-order valence-corrected chi connectivity index (χ1v) is 7.32. The Morgan fingerprint density at radius 3 is 2.12 bits per heavy atom. The summed E-state index contributed by atoms with van der Waals surface area (Å²) < 4.78 is 39.4. The molecule has 24 heavy (non-hydrogen) atoms. The Bertz CT molecular complexity index is 910. The predicted molar refractivity (Wildman–Crippen MR) is 87.2 cm³/mol. The summed E-state index contributed by atoms with van der Waals surface area (Å²) in [5, 5.41) is 0. The third-order valence-corrected chi connectivity index (χ3v) is 3.82. The van der Waals surface area contributed by atoms with Gasteiger partial charge in [0.25, 0.3) is 5.56 Å². The van der Waals surface area contributed by atoms with E-state index in [-0.39, 0.29) is 5.56 Å². The topological polar surface area (TPSA) is 22.0 Å². The molecule has 0 amide bonds. The molecule has 0 saturated carbocycles. The molecule has 0 spiro atoms. The molecule has 1 heterocycles. The van der Waals surface area contributed by atoms with Gasteiger partial charge >= 0.3 is 6.18 Å². The fourth-order valence-electron chi connectivity index (χ4n) is 2.56. The quantitative estimate of drug-likeness (QED) is 0.660. The molecule has 5 heteroatoms. The molecule has 0 aliphatic heterocycles. The fraction of sp³-hybridized carbons (Fsp3) is 0.105.